The van der Waals surface area contributed by atoms with Gasteiger partial charge in [-0.05, 0) is 0 Å². The van der Waals surface area contributed by atoms with Gasteiger partial charge in [-0.3, -0.25) is 77.1 Å². The van der Waals surface area contributed by atoms with Crippen molar-refractivity contribution in [3.8, 4) is 0 Å². The zero-order valence-electron chi connectivity index (χ0n) is 29.7. The van der Waals surface area contributed by atoms with Gasteiger partial charge in [0.1, 0.15) is 0 Å². The van der Waals surface area contributed by atoms with E-state index in [1.165, 1.54) is 0 Å². The zero-order chi connectivity index (χ0) is 41.7. The molecule has 57 heavy (non-hydrogen) atoms. The van der Waals surface area contributed by atoms with Gasteiger partial charge in [0.15, 0.2) is 0 Å². The van der Waals surface area contributed by atoms with Gasteiger partial charge >= 0.3 is 213 Å². The van der Waals surface area contributed by atoms with Gasteiger partial charge in [-0.2, -0.15) is 0 Å². The second-order valence-corrected chi connectivity index (χ2v) is 9.31. The van der Waals surface area contributed by atoms with Crippen molar-refractivity contribution in [1.29, 1.82) is 0 Å². The summed E-state index contributed by atoms with van der Waals surface area (Å²) in [6.45, 7) is -7.18. The van der Waals surface area contributed by atoms with Gasteiger partial charge in [0.25, 0.3) is 0 Å². The molecule has 0 rings (SSSR count). The number of hydrogen-bond acceptors (Lipinski definition) is 16. The zero-order valence-corrected chi connectivity index (χ0v) is 39.5. The van der Waals surface area contributed by atoms with Gasteiger partial charge in [-0.25, -0.2) is 0 Å². The van der Waals surface area contributed by atoms with Crippen LogP contribution in [0.1, 0.15) is 0 Å². The molecule has 0 saturated heterocycles. The second-order valence-electron chi connectivity index (χ2n) is 9.31. The Morgan fingerprint density at radius 3 is 0.316 bits per heavy atom. The van der Waals surface area contributed by atoms with Crippen LogP contribution in [0.25, 0.3) is 0 Å². The molecular formula is C24H38K2N4O25Ru2+8. The van der Waals surface area contributed by atoms with Crippen molar-refractivity contribution < 1.29 is 266 Å². The third-order valence-electron chi connectivity index (χ3n) is 4.31. The Hall–Kier alpha value is -2.04. The SMILES string of the molecule is O.O=C(O)CN(CC(=O)O)CC(=O)O.O=C(O)CN(CC(=O)O)CC(=O)O.O=C(O)CN(CC(=O)O)CC(=O)O.O=C(O)CN(CC(=O)O)CC(=O)O.[K+].[K+].[Ru+3].[Ru+3]. The van der Waals surface area contributed by atoms with E-state index in [-0.39, 0.29) is 147 Å². The van der Waals surface area contributed by atoms with Crippen LogP contribution in [0.5, 0.6) is 0 Å². The molecule has 0 aliphatic carbocycles. The molecule has 0 amide bonds. The third-order valence-corrected chi connectivity index (χ3v) is 4.31. The van der Waals surface area contributed by atoms with E-state index in [9.17, 15) is 57.5 Å². The van der Waals surface area contributed by atoms with E-state index in [1.807, 2.05) is 0 Å². The van der Waals surface area contributed by atoms with Gasteiger partial charge in [0.2, 0.25) is 0 Å². The minimum Gasteiger partial charge on any atom is -0.480 e. The number of carboxylic acid groups (broad SMARTS) is 12. The fraction of sp³-hybridized carbons (Fsp3) is 0.500. The van der Waals surface area contributed by atoms with E-state index < -0.39 is 150 Å². The number of carbonyl (C=O) groups is 12. The average molecular weight is 1060 g/mol. The smallest absolute Gasteiger partial charge is 0.480 e. The summed E-state index contributed by atoms with van der Waals surface area (Å²) in [4.78, 5) is 125. The fourth-order valence-corrected chi connectivity index (χ4v) is 2.97. The van der Waals surface area contributed by atoms with Gasteiger partial charge in [0, 0.05) is 0 Å². The van der Waals surface area contributed by atoms with Crippen LogP contribution in [-0.4, -0.2) is 237 Å². The van der Waals surface area contributed by atoms with Gasteiger partial charge in [-0.15, -0.1) is 0 Å². The number of aliphatic carboxylic acids is 12. The van der Waals surface area contributed by atoms with Gasteiger partial charge in [-0.1, -0.05) is 0 Å². The van der Waals surface area contributed by atoms with E-state index in [2.05, 4.69) is 0 Å². The molecular weight excluding hydrogens is 1020 g/mol. The van der Waals surface area contributed by atoms with Crippen molar-refractivity contribution in [2.75, 3.05) is 78.5 Å². The molecule has 0 heterocycles. The van der Waals surface area contributed by atoms with Crippen LogP contribution in [0, 0.1) is 0 Å². The van der Waals surface area contributed by atoms with Crippen LogP contribution in [0.4, 0.5) is 0 Å². The number of nitrogens with zero attached hydrogens (tertiary/aromatic N) is 4. The summed E-state index contributed by atoms with van der Waals surface area (Å²) in [5.74, 6) is -15.1. The van der Waals surface area contributed by atoms with E-state index in [0.717, 1.165) is 19.6 Å². The number of carboxylic acids is 12. The summed E-state index contributed by atoms with van der Waals surface area (Å²) < 4.78 is 0. The first-order chi connectivity index (χ1) is 23.7. The summed E-state index contributed by atoms with van der Waals surface area (Å²) in [6, 6.07) is 0. The monoisotopic (exact) mass is 1060 g/mol. The second kappa shape index (κ2) is 45.1. The molecule has 0 aliphatic rings. The molecule has 0 aliphatic heterocycles. The molecule has 14 N–H and O–H groups in total. The Labute approximate surface area is 430 Å². The van der Waals surface area contributed by atoms with Gasteiger partial charge < -0.3 is 66.8 Å². The van der Waals surface area contributed by atoms with Crippen molar-refractivity contribution in [3.63, 3.8) is 0 Å². The maximum absolute atomic E-state index is 10.1. The topological polar surface area (TPSA) is 492 Å². The molecule has 33 heteroatoms. The predicted octanol–water partition coefficient (Wildman–Crippen LogP) is -12.7. The molecule has 0 bridgehead atoms. The van der Waals surface area contributed by atoms with E-state index >= 15 is 0 Å². The molecule has 0 atom stereocenters. The first-order valence-electron chi connectivity index (χ1n) is 13.2. The predicted molar refractivity (Wildman–Crippen MR) is 161 cm³/mol. The fourth-order valence-electron chi connectivity index (χ4n) is 2.97. The Balaban J connectivity index is -0.0000000748. The normalized spacial score (nSPS) is 9.05. The third kappa shape index (κ3) is 69.0. The molecule has 0 spiro atoms. The van der Waals surface area contributed by atoms with Crippen molar-refractivity contribution >= 4 is 71.6 Å². The standard InChI is InChI=1S/4C6H9NO6.2K.H2O.2Ru/c4*8-4(9)1-7(2-5(10)11)3-6(12)13;;;;;/h4*1-3H2,(H,8,9)(H,10,11)(H,12,13);;;1H2;;/q;;;;2*+1;;2*+3. The van der Waals surface area contributed by atoms with Crippen LogP contribution >= 0.6 is 0 Å². The molecule has 29 nitrogen and oxygen atoms in total. The Morgan fingerprint density at radius 1 is 0.228 bits per heavy atom. The molecule has 0 aromatic heterocycles. The van der Waals surface area contributed by atoms with Crippen molar-refractivity contribution in [1.82, 2.24) is 19.6 Å². The summed E-state index contributed by atoms with van der Waals surface area (Å²) >= 11 is 0. The van der Waals surface area contributed by atoms with Crippen LogP contribution in [0.15, 0.2) is 0 Å². The summed E-state index contributed by atoms with van der Waals surface area (Å²) in [5.41, 5.74) is 0. The summed E-state index contributed by atoms with van der Waals surface area (Å²) in [6.07, 6.45) is 0. The van der Waals surface area contributed by atoms with E-state index in [0.29, 0.717) is 0 Å². The van der Waals surface area contributed by atoms with E-state index in [1.54, 1.807) is 0 Å². The Bertz CT molecular complexity index is 966. The first kappa shape index (κ1) is 75.8. The van der Waals surface area contributed by atoms with Crippen LogP contribution in [0.2, 0.25) is 0 Å². The number of rotatable bonds is 24. The maximum Gasteiger partial charge on any atom is 3.00 e. The van der Waals surface area contributed by atoms with Gasteiger partial charge in [0.05, 0.1) is 78.5 Å². The summed E-state index contributed by atoms with van der Waals surface area (Å²) in [7, 11) is 0. The minimum atomic E-state index is -1.26. The van der Waals surface area contributed by atoms with Crippen molar-refractivity contribution in [3.05, 3.63) is 0 Å². The van der Waals surface area contributed by atoms with Crippen molar-refractivity contribution in [2.45, 2.75) is 0 Å². The minimum absolute atomic E-state index is 0. The van der Waals surface area contributed by atoms with Crippen LogP contribution in [-0.2, 0) is 96.5 Å². The molecule has 2 radical (unpaired) electrons. The molecule has 0 unspecified atom stereocenters. The molecule has 0 fully saturated rings. The van der Waals surface area contributed by atoms with Crippen LogP contribution < -0.4 is 103 Å². The molecule has 0 saturated carbocycles. The number of hydrogen-bond donors (Lipinski definition) is 12. The quantitative estimate of drug-likeness (QED) is 0.0399. The maximum atomic E-state index is 10.1. The Morgan fingerprint density at radius 2 is 0.281 bits per heavy atom. The van der Waals surface area contributed by atoms with Crippen molar-refractivity contribution in [2.24, 2.45) is 0 Å². The molecule has 314 valence electrons. The molecule has 0 aromatic carbocycles. The average Bonchev–Trinajstić information content (AvgIpc) is 2.85. The molecule has 0 aromatic rings. The van der Waals surface area contributed by atoms with Crippen LogP contribution in [0.3, 0.4) is 0 Å². The Kier molecular flexibility index (Phi) is 59.9. The first-order valence-corrected chi connectivity index (χ1v) is 13.2. The van der Waals surface area contributed by atoms with E-state index in [4.69, 9.17) is 61.3 Å². The summed E-state index contributed by atoms with van der Waals surface area (Å²) in [5, 5.41) is 99.4. The largest absolute Gasteiger partial charge is 3.00 e.